The number of aromatic nitrogens is 1. The third-order valence-electron chi connectivity index (χ3n) is 11.0. The van der Waals surface area contributed by atoms with E-state index in [9.17, 15) is 0 Å². The van der Waals surface area contributed by atoms with E-state index in [0.717, 1.165) is 55.3 Å². The maximum atomic E-state index is 6.27. The van der Waals surface area contributed by atoms with E-state index < -0.39 is 0 Å². The molecule has 0 saturated heterocycles. The van der Waals surface area contributed by atoms with Crippen LogP contribution in [0.1, 0.15) is 16.7 Å². The lowest BCUT2D eigenvalue weighted by atomic mass is 10.0. The Bertz CT molecular complexity index is 3460. The molecule has 6 heteroatoms. The Morgan fingerprint density at radius 3 is 2.19 bits per heavy atom. The van der Waals surface area contributed by atoms with E-state index in [0.29, 0.717) is 18.2 Å². The minimum atomic E-state index is 0.401. The average Bonchev–Trinajstić information content (AvgIpc) is 3.96. The van der Waals surface area contributed by atoms with Crippen LogP contribution in [0.15, 0.2) is 201 Å². The largest absolute Gasteiger partial charge is 0.456 e. The molecule has 0 aliphatic heterocycles. The van der Waals surface area contributed by atoms with Crippen LogP contribution < -0.4 is 0 Å². The molecule has 0 amide bonds. The van der Waals surface area contributed by atoms with Gasteiger partial charge in [-0.3, -0.25) is 4.99 Å². The van der Waals surface area contributed by atoms with Gasteiger partial charge in [-0.1, -0.05) is 133 Å². The molecule has 0 unspecified atom stereocenters. The van der Waals surface area contributed by atoms with E-state index in [1.807, 2.05) is 72.0 Å². The lowest BCUT2D eigenvalue weighted by Crippen LogP contribution is -2.06. The number of hydrogen-bond acceptors (Lipinski definition) is 3. The van der Waals surface area contributed by atoms with E-state index >= 15 is 0 Å². The maximum Gasteiger partial charge on any atom is 0.161 e. The summed E-state index contributed by atoms with van der Waals surface area (Å²) in [6, 6.07) is 63.7. The highest BCUT2D eigenvalue weighted by molar-refractivity contribution is 7.26. The van der Waals surface area contributed by atoms with E-state index in [4.69, 9.17) is 14.4 Å². The van der Waals surface area contributed by atoms with Crippen molar-refractivity contribution in [3.8, 4) is 16.8 Å². The van der Waals surface area contributed by atoms with Gasteiger partial charge >= 0.3 is 0 Å². The number of hydrogen-bond donors (Lipinski definition) is 0. The second-order valence-electron chi connectivity index (χ2n) is 14.4. The van der Waals surface area contributed by atoms with E-state index in [1.165, 1.54) is 42.1 Å². The SMILES string of the molecule is C=N/C(=N\C(=N/Cc1cccc(-n2c3ccccc3c3cc(-c4cccc5c4sc4ccccc45)ccc32)c1)c1cccc2oc3ccccc3c12)c1ccccc1. The molecule has 5 nitrogen and oxygen atoms in total. The topological polar surface area (TPSA) is 55.1 Å². The molecule has 0 atom stereocenters. The highest BCUT2D eigenvalue weighted by Gasteiger charge is 2.18. The van der Waals surface area contributed by atoms with Crippen LogP contribution >= 0.6 is 11.3 Å². The summed E-state index contributed by atoms with van der Waals surface area (Å²) in [4.78, 5) is 14.7. The molecule has 0 spiro atoms. The van der Waals surface area contributed by atoms with Gasteiger partial charge in [0.2, 0.25) is 0 Å². The Morgan fingerprint density at radius 2 is 1.29 bits per heavy atom. The van der Waals surface area contributed by atoms with Crippen LogP contribution in [0.25, 0.3) is 80.7 Å². The second-order valence-corrected chi connectivity index (χ2v) is 15.5. The molecule has 11 aromatic rings. The summed E-state index contributed by atoms with van der Waals surface area (Å²) in [5, 5.41) is 7.04. The molecule has 0 N–H and O–H groups in total. The monoisotopic (exact) mass is 762 g/mol. The fourth-order valence-electron chi connectivity index (χ4n) is 8.37. The van der Waals surface area contributed by atoms with Gasteiger partial charge in [0.25, 0.3) is 0 Å². The van der Waals surface area contributed by atoms with E-state index in [-0.39, 0.29) is 0 Å². The normalized spacial score (nSPS) is 12.5. The van der Waals surface area contributed by atoms with Crippen LogP contribution in [0.2, 0.25) is 0 Å². The van der Waals surface area contributed by atoms with Crippen LogP contribution in [0, 0.1) is 0 Å². The van der Waals surface area contributed by atoms with E-state index in [1.54, 1.807) is 0 Å². The number of para-hydroxylation sites is 2. The highest BCUT2D eigenvalue weighted by atomic mass is 32.1. The number of benzene rings is 8. The summed E-state index contributed by atoms with van der Waals surface area (Å²) in [7, 11) is 0. The fourth-order valence-corrected chi connectivity index (χ4v) is 9.61. The van der Waals surface area contributed by atoms with Gasteiger partial charge in [-0.2, -0.15) is 0 Å². The van der Waals surface area contributed by atoms with Crippen molar-refractivity contribution in [2.45, 2.75) is 6.54 Å². The molecule has 58 heavy (non-hydrogen) atoms. The Balaban J connectivity index is 1.03. The number of amidine groups is 2. The minimum Gasteiger partial charge on any atom is -0.456 e. The number of rotatable bonds is 6. The molecule has 0 saturated carbocycles. The molecule has 0 radical (unpaired) electrons. The first kappa shape index (κ1) is 33.9. The van der Waals surface area contributed by atoms with Crippen LogP contribution in [-0.4, -0.2) is 23.0 Å². The standard InChI is InChI=1S/C52H34N4OS/c1-53-51(34-15-3-2-4-16-34)55-52(42-23-13-26-47-49(42)41-20-6-9-25-46(41)57-47)54-32-33-14-11-17-36(30-33)56-44-24-8-5-18-38(44)43-31-35(28-29-45(43)56)37-21-12-22-40-39-19-7-10-27-48(39)58-50(37)40/h2-31H,1,32H2/b54-52-,55-51-. The second kappa shape index (κ2) is 14.0. The van der Waals surface area contributed by atoms with Gasteiger partial charge < -0.3 is 8.98 Å². The van der Waals surface area contributed by atoms with Crippen molar-refractivity contribution in [3.05, 3.63) is 199 Å². The molecule has 0 fully saturated rings. The summed E-state index contributed by atoms with van der Waals surface area (Å²) in [5.74, 6) is 1.07. The summed E-state index contributed by atoms with van der Waals surface area (Å²) in [6.45, 7) is 4.28. The number of thiophene rings is 1. The third kappa shape index (κ3) is 5.65. The van der Waals surface area contributed by atoms with Crippen LogP contribution in [0.5, 0.6) is 0 Å². The number of furan rings is 1. The van der Waals surface area contributed by atoms with Crippen LogP contribution in [0.4, 0.5) is 0 Å². The zero-order valence-corrected chi connectivity index (χ0v) is 32.2. The van der Waals surface area contributed by atoms with Crippen molar-refractivity contribution in [2.24, 2.45) is 15.0 Å². The molecular weight excluding hydrogens is 729 g/mol. The zero-order chi connectivity index (χ0) is 38.6. The van der Waals surface area contributed by atoms with Gasteiger partial charge in [-0.25, -0.2) is 9.98 Å². The van der Waals surface area contributed by atoms with Crippen molar-refractivity contribution in [1.82, 2.24) is 4.57 Å². The van der Waals surface area contributed by atoms with Crippen molar-refractivity contribution >= 4 is 93.6 Å². The van der Waals surface area contributed by atoms with Gasteiger partial charge in [0, 0.05) is 58.5 Å². The molecular formula is C52H34N4OS. The Hall–Kier alpha value is -7.41. The molecule has 0 aliphatic rings. The predicted octanol–water partition coefficient (Wildman–Crippen LogP) is 13.8. The molecule has 0 aliphatic carbocycles. The Kier molecular flexibility index (Phi) is 8.15. The minimum absolute atomic E-state index is 0.401. The average molecular weight is 763 g/mol. The quantitative estimate of drug-likeness (QED) is 0.123. The van der Waals surface area contributed by atoms with Crippen LogP contribution in [0.3, 0.4) is 0 Å². The van der Waals surface area contributed by atoms with Crippen molar-refractivity contribution in [2.75, 3.05) is 0 Å². The molecule has 0 bridgehead atoms. The maximum absolute atomic E-state index is 6.27. The summed E-state index contributed by atoms with van der Waals surface area (Å²) >= 11 is 1.87. The van der Waals surface area contributed by atoms with Gasteiger partial charge in [-0.05, 0) is 71.9 Å². The Morgan fingerprint density at radius 1 is 0.569 bits per heavy atom. The first-order chi connectivity index (χ1) is 28.7. The molecule has 11 rings (SSSR count). The van der Waals surface area contributed by atoms with Gasteiger partial charge in [0.1, 0.15) is 11.2 Å². The Labute approximate surface area is 338 Å². The molecule has 3 aromatic heterocycles. The molecule has 274 valence electrons. The smallest absolute Gasteiger partial charge is 0.161 e. The molecule has 3 heterocycles. The molecule has 8 aromatic carbocycles. The van der Waals surface area contributed by atoms with Gasteiger partial charge in [0.15, 0.2) is 11.7 Å². The number of fused-ring (bicyclic) bond motifs is 9. The zero-order valence-electron chi connectivity index (χ0n) is 31.3. The first-order valence-corrected chi connectivity index (χ1v) is 20.1. The van der Waals surface area contributed by atoms with Crippen LogP contribution in [-0.2, 0) is 6.54 Å². The van der Waals surface area contributed by atoms with Crippen molar-refractivity contribution < 1.29 is 4.42 Å². The lowest BCUT2D eigenvalue weighted by molar-refractivity contribution is 0.669. The summed E-state index contributed by atoms with van der Waals surface area (Å²) < 4.78 is 11.3. The lowest BCUT2D eigenvalue weighted by Gasteiger charge is -2.11. The number of nitrogens with zero attached hydrogens (tertiary/aromatic N) is 4. The number of aliphatic imine (C=N–C) groups is 3. The highest BCUT2D eigenvalue weighted by Crippen LogP contribution is 2.42. The van der Waals surface area contributed by atoms with Gasteiger partial charge in [-0.15, -0.1) is 11.3 Å². The summed E-state index contributed by atoms with van der Waals surface area (Å²) in [5.41, 5.74) is 10.3. The van der Waals surface area contributed by atoms with Crippen molar-refractivity contribution in [1.29, 1.82) is 0 Å². The first-order valence-electron chi connectivity index (χ1n) is 19.3. The van der Waals surface area contributed by atoms with Gasteiger partial charge in [0.05, 0.1) is 17.6 Å². The van der Waals surface area contributed by atoms with Crippen molar-refractivity contribution in [3.63, 3.8) is 0 Å². The predicted molar refractivity (Wildman–Crippen MR) is 246 cm³/mol. The summed E-state index contributed by atoms with van der Waals surface area (Å²) in [6.07, 6.45) is 0. The fraction of sp³-hybridized carbons (Fsp3) is 0.0192. The van der Waals surface area contributed by atoms with E-state index in [2.05, 4.69) is 138 Å². The third-order valence-corrected chi connectivity index (χ3v) is 12.2.